The smallest absolute Gasteiger partial charge is 0.317 e. The van der Waals surface area contributed by atoms with Crippen LogP contribution in [0.1, 0.15) is 32.6 Å². The van der Waals surface area contributed by atoms with Gasteiger partial charge in [-0.25, -0.2) is 4.79 Å². The van der Waals surface area contributed by atoms with Crippen LogP contribution in [0.3, 0.4) is 0 Å². The van der Waals surface area contributed by atoms with Gasteiger partial charge in [-0.15, -0.1) is 0 Å². The number of nitrogens with zero attached hydrogens (tertiary/aromatic N) is 1. The lowest BCUT2D eigenvalue weighted by Gasteiger charge is -2.38. The van der Waals surface area contributed by atoms with Crippen molar-refractivity contribution in [2.24, 2.45) is 5.41 Å². The number of aliphatic carboxylic acids is 1. The Morgan fingerprint density at radius 1 is 1.42 bits per heavy atom. The van der Waals surface area contributed by atoms with Crippen molar-refractivity contribution < 1.29 is 19.4 Å². The molecule has 108 valence electrons. The lowest BCUT2D eigenvalue weighted by atomic mass is 9.76. The number of likely N-dealkylation sites (tertiary alicyclic amines) is 1. The maximum atomic E-state index is 12.0. The highest BCUT2D eigenvalue weighted by atomic mass is 16.5. The lowest BCUT2D eigenvalue weighted by Crippen LogP contribution is -2.51. The van der Waals surface area contributed by atoms with E-state index in [9.17, 15) is 14.7 Å². The molecule has 0 aromatic rings. The van der Waals surface area contributed by atoms with Gasteiger partial charge < -0.3 is 20.1 Å². The van der Waals surface area contributed by atoms with Crippen molar-refractivity contribution in [3.63, 3.8) is 0 Å². The number of piperidine rings is 1. The zero-order valence-corrected chi connectivity index (χ0v) is 11.4. The second-order valence-corrected chi connectivity index (χ2v) is 5.44. The van der Waals surface area contributed by atoms with E-state index in [-0.39, 0.29) is 12.1 Å². The van der Waals surface area contributed by atoms with Gasteiger partial charge in [0.1, 0.15) is 0 Å². The van der Waals surface area contributed by atoms with Crippen LogP contribution in [-0.4, -0.2) is 54.4 Å². The molecule has 0 aromatic carbocycles. The van der Waals surface area contributed by atoms with Gasteiger partial charge in [-0.05, 0) is 25.7 Å². The Labute approximate surface area is 113 Å². The molecule has 2 aliphatic rings. The zero-order chi connectivity index (χ0) is 13.9. The largest absolute Gasteiger partial charge is 0.481 e. The molecule has 6 nitrogen and oxygen atoms in total. The standard InChI is InChI=1S/C13H22N2O4/c1-2-13(11(16)17)4-6-15(7-5-13)12(18)14-10-3-8-19-9-10/h10H,2-9H2,1H3,(H,14,18)(H,16,17). The molecule has 2 heterocycles. The number of carbonyl (C=O) groups excluding carboxylic acids is 1. The molecule has 2 N–H and O–H groups in total. The number of carboxylic acid groups (broad SMARTS) is 1. The van der Waals surface area contributed by atoms with Crippen LogP contribution in [0.25, 0.3) is 0 Å². The van der Waals surface area contributed by atoms with Gasteiger partial charge in [0.2, 0.25) is 0 Å². The Morgan fingerprint density at radius 2 is 2.11 bits per heavy atom. The number of amides is 2. The molecule has 0 aliphatic carbocycles. The quantitative estimate of drug-likeness (QED) is 0.803. The Hall–Kier alpha value is -1.30. The number of rotatable bonds is 3. The maximum Gasteiger partial charge on any atom is 0.317 e. The molecular formula is C13H22N2O4. The molecule has 6 heteroatoms. The molecule has 2 saturated heterocycles. The van der Waals surface area contributed by atoms with Gasteiger partial charge in [-0.1, -0.05) is 6.92 Å². The number of carbonyl (C=O) groups is 2. The number of carboxylic acids is 1. The number of urea groups is 1. The summed E-state index contributed by atoms with van der Waals surface area (Å²) in [6.07, 6.45) is 2.54. The van der Waals surface area contributed by atoms with Crippen LogP contribution in [-0.2, 0) is 9.53 Å². The highest BCUT2D eigenvalue weighted by Gasteiger charge is 2.41. The Balaban J connectivity index is 1.85. The predicted octanol–water partition coefficient (Wildman–Crippen LogP) is 1.06. The lowest BCUT2D eigenvalue weighted by molar-refractivity contribution is -0.151. The normalized spacial score (nSPS) is 26.2. The molecule has 2 fully saturated rings. The summed E-state index contributed by atoms with van der Waals surface area (Å²) in [5.41, 5.74) is -0.646. The van der Waals surface area contributed by atoms with E-state index < -0.39 is 11.4 Å². The van der Waals surface area contributed by atoms with Crippen LogP contribution in [0.4, 0.5) is 4.79 Å². The summed E-state index contributed by atoms with van der Waals surface area (Å²) < 4.78 is 5.22. The van der Waals surface area contributed by atoms with Gasteiger partial charge in [0.25, 0.3) is 0 Å². The molecule has 0 spiro atoms. The van der Waals surface area contributed by atoms with Gasteiger partial charge in [0.05, 0.1) is 18.1 Å². The molecule has 19 heavy (non-hydrogen) atoms. The van der Waals surface area contributed by atoms with E-state index in [0.717, 1.165) is 6.42 Å². The van der Waals surface area contributed by atoms with Crippen molar-refractivity contribution in [2.75, 3.05) is 26.3 Å². The molecule has 0 bridgehead atoms. The maximum absolute atomic E-state index is 12.0. The van der Waals surface area contributed by atoms with Crippen LogP contribution in [0.2, 0.25) is 0 Å². The van der Waals surface area contributed by atoms with E-state index >= 15 is 0 Å². The summed E-state index contributed by atoms with van der Waals surface area (Å²) in [5, 5.41) is 12.2. The molecule has 1 atom stereocenters. The first-order valence-corrected chi connectivity index (χ1v) is 6.94. The Bertz CT molecular complexity index is 345. The molecule has 1 unspecified atom stereocenters. The Morgan fingerprint density at radius 3 is 2.58 bits per heavy atom. The summed E-state index contributed by atoms with van der Waals surface area (Å²) in [4.78, 5) is 25.1. The first-order valence-electron chi connectivity index (χ1n) is 6.94. The molecule has 0 radical (unpaired) electrons. The predicted molar refractivity (Wildman–Crippen MR) is 68.9 cm³/mol. The average Bonchev–Trinajstić information content (AvgIpc) is 2.91. The van der Waals surface area contributed by atoms with Gasteiger partial charge in [-0.2, -0.15) is 0 Å². The summed E-state index contributed by atoms with van der Waals surface area (Å²) in [5.74, 6) is -0.737. The van der Waals surface area contributed by atoms with Crippen molar-refractivity contribution in [2.45, 2.75) is 38.6 Å². The minimum Gasteiger partial charge on any atom is -0.481 e. The number of hydrogen-bond acceptors (Lipinski definition) is 3. The van der Waals surface area contributed by atoms with Crippen molar-refractivity contribution in [3.8, 4) is 0 Å². The third-order valence-electron chi connectivity index (χ3n) is 4.40. The van der Waals surface area contributed by atoms with Crippen LogP contribution < -0.4 is 5.32 Å². The molecule has 0 aromatic heterocycles. The summed E-state index contributed by atoms with van der Waals surface area (Å²) >= 11 is 0. The summed E-state index contributed by atoms with van der Waals surface area (Å²) in [6.45, 7) is 4.20. The summed E-state index contributed by atoms with van der Waals surface area (Å²) in [7, 11) is 0. The van der Waals surface area contributed by atoms with E-state index in [1.54, 1.807) is 4.90 Å². The molecular weight excluding hydrogens is 248 g/mol. The molecule has 2 amide bonds. The highest BCUT2D eigenvalue weighted by Crippen LogP contribution is 2.35. The number of nitrogens with one attached hydrogen (secondary N) is 1. The van der Waals surface area contributed by atoms with E-state index in [1.807, 2.05) is 6.92 Å². The minimum atomic E-state index is -0.737. The summed E-state index contributed by atoms with van der Waals surface area (Å²) in [6, 6.07) is 0.00965. The third kappa shape index (κ3) is 3.00. The second-order valence-electron chi connectivity index (χ2n) is 5.44. The van der Waals surface area contributed by atoms with Crippen molar-refractivity contribution >= 4 is 12.0 Å². The van der Waals surface area contributed by atoms with Crippen LogP contribution >= 0.6 is 0 Å². The van der Waals surface area contributed by atoms with Gasteiger partial charge in [0.15, 0.2) is 0 Å². The van der Waals surface area contributed by atoms with Crippen LogP contribution in [0, 0.1) is 5.41 Å². The fourth-order valence-electron chi connectivity index (χ4n) is 2.77. The van der Waals surface area contributed by atoms with Crippen molar-refractivity contribution in [1.82, 2.24) is 10.2 Å². The number of ether oxygens (including phenoxy) is 1. The van der Waals surface area contributed by atoms with Crippen molar-refractivity contribution in [3.05, 3.63) is 0 Å². The number of hydrogen-bond donors (Lipinski definition) is 2. The zero-order valence-electron chi connectivity index (χ0n) is 11.4. The second kappa shape index (κ2) is 5.77. The first kappa shape index (κ1) is 14.1. The topological polar surface area (TPSA) is 78.9 Å². The van der Waals surface area contributed by atoms with E-state index in [1.165, 1.54) is 0 Å². The minimum absolute atomic E-state index is 0.0920. The van der Waals surface area contributed by atoms with Gasteiger partial charge >= 0.3 is 12.0 Å². The van der Waals surface area contributed by atoms with Crippen LogP contribution in [0.5, 0.6) is 0 Å². The van der Waals surface area contributed by atoms with E-state index in [0.29, 0.717) is 45.6 Å². The highest BCUT2D eigenvalue weighted by molar-refractivity contribution is 5.77. The average molecular weight is 270 g/mol. The van der Waals surface area contributed by atoms with Gasteiger partial charge in [0, 0.05) is 19.7 Å². The fourth-order valence-corrected chi connectivity index (χ4v) is 2.77. The molecule has 2 aliphatic heterocycles. The van der Waals surface area contributed by atoms with Crippen LogP contribution in [0.15, 0.2) is 0 Å². The van der Waals surface area contributed by atoms with E-state index in [4.69, 9.17) is 4.74 Å². The molecule has 2 rings (SSSR count). The molecule has 0 saturated carbocycles. The first-order chi connectivity index (χ1) is 9.07. The third-order valence-corrected chi connectivity index (χ3v) is 4.40. The Kier molecular flexibility index (Phi) is 4.29. The fraction of sp³-hybridized carbons (Fsp3) is 0.846. The van der Waals surface area contributed by atoms with Crippen molar-refractivity contribution in [1.29, 1.82) is 0 Å². The van der Waals surface area contributed by atoms with E-state index in [2.05, 4.69) is 5.32 Å². The van der Waals surface area contributed by atoms with Gasteiger partial charge in [-0.3, -0.25) is 4.79 Å². The SMILES string of the molecule is CCC1(C(=O)O)CCN(C(=O)NC2CCOC2)CC1. The monoisotopic (exact) mass is 270 g/mol.